The second-order valence-electron chi connectivity index (χ2n) is 5.53. The van der Waals surface area contributed by atoms with Gasteiger partial charge in [-0.15, -0.1) is 0 Å². The molecule has 0 radical (unpaired) electrons. The third-order valence-corrected chi connectivity index (χ3v) is 4.14. The van der Waals surface area contributed by atoms with Crippen molar-refractivity contribution in [1.82, 2.24) is 14.9 Å². The summed E-state index contributed by atoms with van der Waals surface area (Å²) in [6, 6.07) is 8.13. The number of nitrogens with one attached hydrogen (secondary N) is 1. The number of nitrogens with zero attached hydrogens (tertiary/aromatic N) is 3. The Morgan fingerprint density at radius 2 is 2.29 bits per heavy atom. The molecule has 1 saturated heterocycles. The number of imidazole rings is 1. The number of ether oxygens (including phenoxy) is 1. The van der Waals surface area contributed by atoms with Crippen LogP contribution in [0.1, 0.15) is 6.42 Å². The highest BCUT2D eigenvalue weighted by atomic mass is 16.5. The monoisotopic (exact) mass is 286 g/mol. The lowest BCUT2D eigenvalue weighted by molar-refractivity contribution is -0.119. The zero-order valence-corrected chi connectivity index (χ0v) is 11.8. The van der Waals surface area contributed by atoms with Crippen LogP contribution >= 0.6 is 0 Å². The van der Waals surface area contributed by atoms with Gasteiger partial charge in [-0.3, -0.25) is 9.69 Å². The summed E-state index contributed by atoms with van der Waals surface area (Å²) in [6.07, 6.45) is 0.462. The van der Waals surface area contributed by atoms with Crippen molar-refractivity contribution in [2.45, 2.75) is 19.0 Å². The molecule has 6 nitrogen and oxygen atoms in total. The zero-order valence-electron chi connectivity index (χ0n) is 11.8. The molecule has 6 heteroatoms. The summed E-state index contributed by atoms with van der Waals surface area (Å²) in [4.78, 5) is 18.9. The highest BCUT2D eigenvalue weighted by Crippen LogP contribution is 2.27. The second kappa shape index (κ2) is 5.13. The van der Waals surface area contributed by atoms with Gasteiger partial charge in [0, 0.05) is 32.1 Å². The quantitative estimate of drug-likeness (QED) is 0.885. The first kappa shape index (κ1) is 12.8. The molecule has 1 atom stereocenters. The van der Waals surface area contributed by atoms with Gasteiger partial charge in [0.2, 0.25) is 11.9 Å². The molecule has 1 aromatic heterocycles. The second-order valence-corrected chi connectivity index (χ2v) is 5.53. The molecule has 0 bridgehead atoms. The lowest BCUT2D eigenvalue weighted by Gasteiger charge is -2.25. The lowest BCUT2D eigenvalue weighted by Crippen LogP contribution is -2.45. The first-order valence-corrected chi connectivity index (χ1v) is 7.40. The number of anilines is 1. The summed E-state index contributed by atoms with van der Waals surface area (Å²) in [5.74, 6) is 0.894. The van der Waals surface area contributed by atoms with Crippen molar-refractivity contribution in [3.8, 4) is 0 Å². The molecule has 1 unspecified atom stereocenters. The van der Waals surface area contributed by atoms with Crippen LogP contribution in [-0.2, 0) is 16.1 Å². The van der Waals surface area contributed by atoms with Crippen molar-refractivity contribution in [2.75, 3.05) is 31.2 Å². The van der Waals surface area contributed by atoms with E-state index in [2.05, 4.69) is 20.9 Å². The lowest BCUT2D eigenvalue weighted by atomic mass is 10.2. The molecule has 0 saturated carbocycles. The summed E-state index contributed by atoms with van der Waals surface area (Å²) >= 11 is 0. The van der Waals surface area contributed by atoms with E-state index in [9.17, 15) is 4.79 Å². The normalized spacial score (nSPS) is 21.7. The number of benzene rings is 1. The molecule has 2 aromatic rings. The average molecular weight is 286 g/mol. The van der Waals surface area contributed by atoms with Crippen molar-refractivity contribution in [1.29, 1.82) is 0 Å². The number of morpholine rings is 1. The molecular weight excluding hydrogens is 268 g/mol. The van der Waals surface area contributed by atoms with Crippen molar-refractivity contribution in [2.24, 2.45) is 0 Å². The predicted octanol–water partition coefficient (Wildman–Crippen LogP) is 0.761. The molecule has 1 fully saturated rings. The first-order chi connectivity index (χ1) is 10.3. The van der Waals surface area contributed by atoms with Crippen LogP contribution in [0.25, 0.3) is 11.0 Å². The Hall–Kier alpha value is -1.92. The number of fused-ring (bicyclic) bond motifs is 3. The fourth-order valence-electron chi connectivity index (χ4n) is 3.10. The smallest absolute Gasteiger partial charge is 0.231 e. The molecular formula is C15H18N4O2. The number of hydrogen-bond acceptors (Lipinski definition) is 4. The summed E-state index contributed by atoms with van der Waals surface area (Å²) in [6.45, 7) is 3.67. The molecule has 2 aliphatic rings. The molecule has 0 spiro atoms. The van der Waals surface area contributed by atoms with Gasteiger partial charge in [-0.05, 0) is 12.1 Å². The van der Waals surface area contributed by atoms with E-state index in [4.69, 9.17) is 4.74 Å². The molecule has 110 valence electrons. The van der Waals surface area contributed by atoms with Gasteiger partial charge in [0.25, 0.3) is 0 Å². The first-order valence-electron chi connectivity index (χ1n) is 7.40. The standard InChI is InChI=1S/C15H18N4O2/c20-14(9-11-10-21-8-5-16-11)19-7-6-18-13-4-2-1-3-12(13)17-15(18)19/h1-4,11,16H,5-10H2. The summed E-state index contributed by atoms with van der Waals surface area (Å²) in [5.41, 5.74) is 2.05. The highest BCUT2D eigenvalue weighted by molar-refractivity contribution is 5.95. The number of rotatable bonds is 2. The van der Waals surface area contributed by atoms with Gasteiger partial charge in [0.05, 0.1) is 24.2 Å². The Bertz CT molecular complexity index is 675. The minimum atomic E-state index is 0.115. The van der Waals surface area contributed by atoms with Crippen LogP contribution < -0.4 is 10.2 Å². The van der Waals surface area contributed by atoms with Crippen LogP contribution in [0.15, 0.2) is 24.3 Å². The van der Waals surface area contributed by atoms with Gasteiger partial charge in [-0.25, -0.2) is 4.98 Å². The van der Waals surface area contributed by atoms with Crippen molar-refractivity contribution in [3.63, 3.8) is 0 Å². The van der Waals surface area contributed by atoms with Crippen LogP contribution in [0.2, 0.25) is 0 Å². The third kappa shape index (κ3) is 2.20. The van der Waals surface area contributed by atoms with Crippen LogP contribution in [0.5, 0.6) is 0 Å². The molecule has 1 N–H and O–H groups in total. The Morgan fingerprint density at radius 1 is 1.38 bits per heavy atom. The van der Waals surface area contributed by atoms with Crippen LogP contribution in [-0.4, -0.2) is 47.8 Å². The SMILES string of the molecule is O=C(CC1COCCN1)N1CCn2c1nc1ccccc12. The molecule has 1 amide bonds. The number of para-hydroxylation sites is 2. The number of amides is 1. The van der Waals surface area contributed by atoms with E-state index in [1.54, 1.807) is 4.90 Å². The van der Waals surface area contributed by atoms with E-state index < -0.39 is 0 Å². The van der Waals surface area contributed by atoms with E-state index in [-0.39, 0.29) is 11.9 Å². The fraction of sp³-hybridized carbons (Fsp3) is 0.467. The van der Waals surface area contributed by atoms with Crippen molar-refractivity contribution in [3.05, 3.63) is 24.3 Å². The van der Waals surface area contributed by atoms with E-state index >= 15 is 0 Å². The zero-order chi connectivity index (χ0) is 14.2. The summed E-state index contributed by atoms with van der Waals surface area (Å²) in [7, 11) is 0. The number of aromatic nitrogens is 2. The van der Waals surface area contributed by atoms with Crippen molar-refractivity contribution >= 4 is 22.9 Å². The summed E-state index contributed by atoms with van der Waals surface area (Å²) < 4.78 is 7.53. The molecule has 21 heavy (non-hydrogen) atoms. The Morgan fingerprint density at radius 3 is 3.14 bits per heavy atom. The van der Waals surface area contributed by atoms with Gasteiger partial charge in [-0.2, -0.15) is 0 Å². The van der Waals surface area contributed by atoms with Gasteiger partial charge in [0.15, 0.2) is 0 Å². The molecule has 3 heterocycles. The minimum absolute atomic E-state index is 0.115. The third-order valence-electron chi connectivity index (χ3n) is 4.14. The fourth-order valence-corrected chi connectivity index (χ4v) is 3.10. The van der Waals surface area contributed by atoms with E-state index in [0.29, 0.717) is 19.6 Å². The number of hydrogen-bond donors (Lipinski definition) is 1. The topological polar surface area (TPSA) is 59.4 Å². The maximum Gasteiger partial charge on any atom is 0.231 e. The Labute approximate surface area is 122 Å². The molecule has 4 rings (SSSR count). The Balaban J connectivity index is 1.56. The minimum Gasteiger partial charge on any atom is -0.378 e. The largest absolute Gasteiger partial charge is 0.378 e. The summed E-state index contributed by atoms with van der Waals surface area (Å²) in [5, 5.41) is 3.32. The van der Waals surface area contributed by atoms with Crippen LogP contribution in [0.3, 0.4) is 0 Å². The van der Waals surface area contributed by atoms with Gasteiger partial charge in [0.1, 0.15) is 0 Å². The van der Waals surface area contributed by atoms with E-state index in [0.717, 1.165) is 36.7 Å². The highest BCUT2D eigenvalue weighted by Gasteiger charge is 2.30. The van der Waals surface area contributed by atoms with Gasteiger partial charge < -0.3 is 14.6 Å². The number of carbonyl (C=O) groups excluding carboxylic acids is 1. The van der Waals surface area contributed by atoms with E-state index in [1.807, 2.05) is 18.2 Å². The molecule has 1 aromatic carbocycles. The van der Waals surface area contributed by atoms with Crippen molar-refractivity contribution < 1.29 is 9.53 Å². The Kier molecular flexibility index (Phi) is 3.12. The average Bonchev–Trinajstić information content (AvgIpc) is 3.07. The van der Waals surface area contributed by atoms with Gasteiger partial charge in [-0.1, -0.05) is 12.1 Å². The molecule has 0 aliphatic carbocycles. The predicted molar refractivity (Wildman–Crippen MR) is 79.3 cm³/mol. The molecule has 2 aliphatic heterocycles. The maximum absolute atomic E-state index is 12.5. The maximum atomic E-state index is 12.5. The van der Waals surface area contributed by atoms with Crippen LogP contribution in [0, 0.1) is 0 Å². The van der Waals surface area contributed by atoms with E-state index in [1.165, 1.54) is 0 Å². The van der Waals surface area contributed by atoms with Gasteiger partial charge >= 0.3 is 0 Å². The number of carbonyl (C=O) groups is 1. The van der Waals surface area contributed by atoms with Crippen LogP contribution in [0.4, 0.5) is 5.95 Å².